The molecular weight excluding hydrogens is 242 g/mol. The SMILES string of the molecule is Cc1ccc(CCC(O)Cc2csc(C)n2)cc1. The van der Waals surface area contributed by atoms with Crippen molar-refractivity contribution in [2.75, 3.05) is 0 Å². The highest BCUT2D eigenvalue weighted by molar-refractivity contribution is 7.09. The van der Waals surface area contributed by atoms with Gasteiger partial charge >= 0.3 is 0 Å². The molecule has 0 bridgehead atoms. The fourth-order valence-electron chi connectivity index (χ4n) is 1.93. The van der Waals surface area contributed by atoms with Crippen LogP contribution in [0.2, 0.25) is 0 Å². The van der Waals surface area contributed by atoms with Crippen LogP contribution in [0.15, 0.2) is 29.6 Å². The minimum atomic E-state index is -0.298. The third-order valence-electron chi connectivity index (χ3n) is 3.00. The monoisotopic (exact) mass is 261 g/mol. The van der Waals surface area contributed by atoms with Crippen LogP contribution in [0.1, 0.15) is 28.2 Å². The molecule has 3 heteroatoms. The number of hydrogen-bond donors (Lipinski definition) is 1. The molecule has 2 rings (SSSR count). The summed E-state index contributed by atoms with van der Waals surface area (Å²) in [5.41, 5.74) is 3.57. The van der Waals surface area contributed by atoms with Crippen LogP contribution in [0.5, 0.6) is 0 Å². The molecule has 1 unspecified atom stereocenters. The number of thiazole rings is 1. The van der Waals surface area contributed by atoms with Gasteiger partial charge in [0, 0.05) is 11.8 Å². The predicted molar refractivity (Wildman–Crippen MR) is 76.1 cm³/mol. The topological polar surface area (TPSA) is 33.1 Å². The first kappa shape index (κ1) is 13.2. The van der Waals surface area contributed by atoms with E-state index >= 15 is 0 Å². The van der Waals surface area contributed by atoms with Gasteiger partial charge in [0.2, 0.25) is 0 Å². The summed E-state index contributed by atoms with van der Waals surface area (Å²) in [4.78, 5) is 4.38. The Balaban J connectivity index is 1.81. The van der Waals surface area contributed by atoms with Crippen molar-refractivity contribution in [1.29, 1.82) is 0 Å². The average Bonchev–Trinajstić information content (AvgIpc) is 2.74. The lowest BCUT2D eigenvalue weighted by Gasteiger charge is -2.09. The van der Waals surface area contributed by atoms with Crippen LogP contribution in [-0.2, 0) is 12.8 Å². The minimum Gasteiger partial charge on any atom is -0.393 e. The molecule has 0 aliphatic rings. The van der Waals surface area contributed by atoms with Crippen LogP contribution >= 0.6 is 11.3 Å². The number of benzene rings is 1. The van der Waals surface area contributed by atoms with Crippen molar-refractivity contribution >= 4 is 11.3 Å². The van der Waals surface area contributed by atoms with Gasteiger partial charge in [-0.15, -0.1) is 11.3 Å². The molecule has 0 aliphatic heterocycles. The number of aliphatic hydroxyl groups excluding tert-OH is 1. The van der Waals surface area contributed by atoms with Gasteiger partial charge in [-0.1, -0.05) is 29.8 Å². The fraction of sp³-hybridized carbons (Fsp3) is 0.400. The zero-order chi connectivity index (χ0) is 13.0. The van der Waals surface area contributed by atoms with Crippen molar-refractivity contribution in [3.05, 3.63) is 51.5 Å². The summed E-state index contributed by atoms with van der Waals surface area (Å²) in [5, 5.41) is 13.1. The van der Waals surface area contributed by atoms with Crippen LogP contribution < -0.4 is 0 Å². The Morgan fingerprint density at radius 3 is 2.56 bits per heavy atom. The summed E-state index contributed by atoms with van der Waals surface area (Å²) in [6, 6.07) is 8.50. The lowest BCUT2D eigenvalue weighted by Crippen LogP contribution is -2.11. The lowest BCUT2D eigenvalue weighted by atomic mass is 10.0. The molecule has 1 aromatic carbocycles. The molecule has 18 heavy (non-hydrogen) atoms. The smallest absolute Gasteiger partial charge is 0.0897 e. The van der Waals surface area contributed by atoms with E-state index in [1.165, 1.54) is 11.1 Å². The van der Waals surface area contributed by atoms with E-state index in [0.29, 0.717) is 6.42 Å². The summed E-state index contributed by atoms with van der Waals surface area (Å²) in [6.07, 6.45) is 2.08. The maximum atomic E-state index is 9.99. The quantitative estimate of drug-likeness (QED) is 0.896. The number of hydrogen-bond acceptors (Lipinski definition) is 3. The highest BCUT2D eigenvalue weighted by Gasteiger charge is 2.08. The molecule has 2 aromatic rings. The number of aryl methyl sites for hydroxylation is 3. The normalized spacial score (nSPS) is 12.6. The maximum Gasteiger partial charge on any atom is 0.0897 e. The summed E-state index contributed by atoms with van der Waals surface area (Å²) in [5.74, 6) is 0. The van der Waals surface area contributed by atoms with Gasteiger partial charge in [-0.2, -0.15) is 0 Å². The van der Waals surface area contributed by atoms with E-state index in [1.54, 1.807) is 11.3 Å². The number of aliphatic hydroxyl groups is 1. The Hall–Kier alpha value is -1.19. The third kappa shape index (κ3) is 3.93. The van der Waals surface area contributed by atoms with Gasteiger partial charge in [0.1, 0.15) is 0 Å². The first-order valence-corrected chi connectivity index (χ1v) is 7.16. The number of rotatable bonds is 5. The van der Waals surface area contributed by atoms with Crippen molar-refractivity contribution in [3.8, 4) is 0 Å². The van der Waals surface area contributed by atoms with E-state index in [2.05, 4.69) is 36.2 Å². The predicted octanol–water partition coefficient (Wildman–Crippen LogP) is 3.30. The van der Waals surface area contributed by atoms with Crippen molar-refractivity contribution in [3.63, 3.8) is 0 Å². The van der Waals surface area contributed by atoms with Gasteiger partial charge in [-0.3, -0.25) is 0 Å². The second kappa shape index (κ2) is 6.12. The molecular formula is C15H19NOS. The van der Waals surface area contributed by atoms with Crippen molar-refractivity contribution in [2.45, 2.75) is 39.2 Å². The zero-order valence-corrected chi connectivity index (χ0v) is 11.7. The molecule has 0 aliphatic carbocycles. The van der Waals surface area contributed by atoms with Crippen LogP contribution in [0.3, 0.4) is 0 Å². The second-order valence-corrected chi connectivity index (χ2v) is 5.80. The van der Waals surface area contributed by atoms with Crippen molar-refractivity contribution < 1.29 is 5.11 Å². The van der Waals surface area contributed by atoms with Crippen molar-refractivity contribution in [2.24, 2.45) is 0 Å². The first-order valence-electron chi connectivity index (χ1n) is 6.28. The lowest BCUT2D eigenvalue weighted by molar-refractivity contribution is 0.164. The number of nitrogens with zero attached hydrogens (tertiary/aromatic N) is 1. The van der Waals surface area contributed by atoms with Crippen LogP contribution in [0.4, 0.5) is 0 Å². The van der Waals surface area contributed by atoms with Gasteiger partial charge in [0.15, 0.2) is 0 Å². The molecule has 0 radical (unpaired) electrons. The highest BCUT2D eigenvalue weighted by atomic mass is 32.1. The van der Waals surface area contributed by atoms with Gasteiger partial charge < -0.3 is 5.11 Å². The highest BCUT2D eigenvalue weighted by Crippen LogP contribution is 2.13. The van der Waals surface area contributed by atoms with E-state index in [4.69, 9.17) is 0 Å². The first-order chi connectivity index (χ1) is 8.63. The molecule has 1 atom stereocenters. The minimum absolute atomic E-state index is 0.298. The van der Waals surface area contributed by atoms with Crippen LogP contribution in [-0.4, -0.2) is 16.2 Å². The maximum absolute atomic E-state index is 9.99. The molecule has 0 saturated heterocycles. The Morgan fingerprint density at radius 1 is 1.22 bits per heavy atom. The Kier molecular flexibility index (Phi) is 4.50. The summed E-state index contributed by atoms with van der Waals surface area (Å²) in [6.45, 7) is 4.08. The molecule has 0 fully saturated rings. The molecule has 96 valence electrons. The standard InChI is InChI=1S/C15H19NOS/c1-11-3-5-13(6-4-11)7-8-15(17)9-14-10-18-12(2)16-14/h3-6,10,15,17H,7-9H2,1-2H3. The van der Waals surface area contributed by atoms with E-state index in [1.807, 2.05) is 12.3 Å². The van der Waals surface area contributed by atoms with Crippen LogP contribution in [0.25, 0.3) is 0 Å². The van der Waals surface area contributed by atoms with E-state index in [9.17, 15) is 5.11 Å². The molecule has 0 spiro atoms. The van der Waals surface area contributed by atoms with E-state index < -0.39 is 0 Å². The van der Waals surface area contributed by atoms with Gasteiger partial charge in [-0.25, -0.2) is 4.98 Å². The Labute approximate surface area is 112 Å². The van der Waals surface area contributed by atoms with Gasteiger partial charge in [-0.05, 0) is 32.3 Å². The largest absolute Gasteiger partial charge is 0.393 e. The molecule has 1 N–H and O–H groups in total. The van der Waals surface area contributed by atoms with Crippen molar-refractivity contribution in [1.82, 2.24) is 4.98 Å². The molecule has 2 nitrogen and oxygen atoms in total. The Bertz CT molecular complexity index is 489. The molecule has 0 amide bonds. The zero-order valence-electron chi connectivity index (χ0n) is 10.9. The van der Waals surface area contributed by atoms with E-state index in [-0.39, 0.29) is 6.10 Å². The molecule has 1 heterocycles. The average molecular weight is 261 g/mol. The Morgan fingerprint density at radius 2 is 1.94 bits per heavy atom. The summed E-state index contributed by atoms with van der Waals surface area (Å²) in [7, 11) is 0. The molecule has 0 saturated carbocycles. The second-order valence-electron chi connectivity index (χ2n) is 4.74. The third-order valence-corrected chi connectivity index (χ3v) is 3.82. The summed E-state index contributed by atoms with van der Waals surface area (Å²) >= 11 is 1.64. The van der Waals surface area contributed by atoms with E-state index in [0.717, 1.165) is 23.5 Å². The number of aromatic nitrogens is 1. The fourth-order valence-corrected chi connectivity index (χ4v) is 2.56. The van der Waals surface area contributed by atoms with Gasteiger partial charge in [0.25, 0.3) is 0 Å². The molecule has 1 aromatic heterocycles. The summed E-state index contributed by atoms with van der Waals surface area (Å²) < 4.78 is 0. The van der Waals surface area contributed by atoms with Gasteiger partial charge in [0.05, 0.1) is 16.8 Å². The van der Waals surface area contributed by atoms with Crippen LogP contribution in [0, 0.1) is 13.8 Å².